The maximum atomic E-state index is 13.1. The summed E-state index contributed by atoms with van der Waals surface area (Å²) in [7, 11) is 0. The second kappa shape index (κ2) is 25.8. The minimum Gasteiger partial charge on any atom is -0.478 e. The summed E-state index contributed by atoms with van der Waals surface area (Å²) in [5.74, 6) is -3.45. The second-order valence-corrected chi connectivity index (χ2v) is 13.1. The number of carboxylic acid groups (broad SMARTS) is 3. The van der Waals surface area contributed by atoms with Gasteiger partial charge in [0.2, 0.25) is 0 Å². The van der Waals surface area contributed by atoms with Crippen LogP contribution in [0.1, 0.15) is 223 Å². The van der Waals surface area contributed by atoms with Crippen molar-refractivity contribution in [3.63, 3.8) is 0 Å². The molecule has 0 heterocycles. The molecule has 0 aliphatic rings. The molecule has 0 aromatic heterocycles. The predicted molar refractivity (Wildman–Crippen MR) is 186 cm³/mol. The lowest BCUT2D eigenvalue weighted by molar-refractivity contribution is 0.0646. The molecule has 0 aliphatic carbocycles. The van der Waals surface area contributed by atoms with Gasteiger partial charge in [0.25, 0.3) is 1.43 Å². The standard InChI is InChI=1S/C39H66O6/c1-4-7-10-13-16-19-22-25-28-31-32(29-26-23-20-17-14-11-8-5-2)35(38(42)43)36(39(44)45)33(34(31)37(40)41)30-27-24-21-18-15-12-9-6-3/h4-30H2,1-3H3,(H,40,41)(H,42,43)(H,44,45)/i/hD. The van der Waals surface area contributed by atoms with Gasteiger partial charge in [-0.1, -0.05) is 156 Å². The Balaban J connectivity index is 3.37. The van der Waals surface area contributed by atoms with Gasteiger partial charge in [-0.05, 0) is 55.2 Å². The summed E-state index contributed by atoms with van der Waals surface area (Å²) in [6.07, 6.45) is 27.1. The van der Waals surface area contributed by atoms with Crippen molar-refractivity contribution < 1.29 is 29.7 Å². The third kappa shape index (κ3) is 16.1. The van der Waals surface area contributed by atoms with E-state index in [1.54, 1.807) is 0 Å². The van der Waals surface area contributed by atoms with E-state index in [9.17, 15) is 24.6 Å². The largest absolute Gasteiger partial charge is 0.478 e. The molecule has 0 unspecified atom stereocenters. The lowest BCUT2D eigenvalue weighted by atomic mass is 9.80. The van der Waals surface area contributed by atoms with Crippen LogP contribution < -0.4 is 0 Å². The van der Waals surface area contributed by atoms with Crippen molar-refractivity contribution in [1.29, 1.82) is 1.43 Å². The van der Waals surface area contributed by atoms with Crippen LogP contribution in [0.25, 0.3) is 1.43 Å². The van der Waals surface area contributed by atoms with Crippen LogP contribution in [-0.4, -0.2) is 33.2 Å². The molecule has 0 aliphatic heterocycles. The van der Waals surface area contributed by atoms with Crippen LogP contribution in [0.4, 0.5) is 0 Å². The average Bonchev–Trinajstić information content (AvgIpc) is 3.04. The molecule has 6 nitrogen and oxygen atoms in total. The van der Waals surface area contributed by atoms with Crippen molar-refractivity contribution in [2.75, 3.05) is 0 Å². The van der Waals surface area contributed by atoms with Crippen molar-refractivity contribution in [2.24, 2.45) is 0 Å². The molecule has 258 valence electrons. The van der Waals surface area contributed by atoms with E-state index < -0.39 is 17.9 Å². The van der Waals surface area contributed by atoms with Crippen molar-refractivity contribution >= 4 is 17.9 Å². The van der Waals surface area contributed by atoms with Crippen LogP contribution in [0.15, 0.2) is 0 Å². The van der Waals surface area contributed by atoms with E-state index in [1.807, 2.05) is 0 Å². The molecule has 0 saturated heterocycles. The molecule has 0 fully saturated rings. The Morgan fingerprint density at radius 1 is 0.400 bits per heavy atom. The first kappa shape index (κ1) is 38.8. The van der Waals surface area contributed by atoms with Gasteiger partial charge in [-0.25, -0.2) is 14.4 Å². The fraction of sp³-hybridized carbons (Fsp3) is 0.769. The highest BCUT2D eigenvalue weighted by molar-refractivity contribution is 6.07. The Morgan fingerprint density at radius 2 is 0.667 bits per heavy atom. The Kier molecular flexibility index (Phi) is 22.2. The maximum Gasteiger partial charge on any atom is 0.336 e. The summed E-state index contributed by atoms with van der Waals surface area (Å²) < 4.78 is 7.40. The van der Waals surface area contributed by atoms with Crippen LogP contribution >= 0.6 is 0 Å². The number of aromatic carboxylic acids is 3. The number of benzene rings is 1. The first-order chi connectivity index (χ1) is 22.3. The zero-order valence-corrected chi connectivity index (χ0v) is 29.1. The van der Waals surface area contributed by atoms with Gasteiger partial charge in [-0.2, -0.15) is 0 Å². The summed E-state index contributed by atoms with van der Waals surface area (Å²) >= 11 is 0. The van der Waals surface area contributed by atoms with Gasteiger partial charge in [0.15, 0.2) is 0 Å². The third-order valence-corrected chi connectivity index (χ3v) is 9.29. The Labute approximate surface area is 276 Å². The zero-order chi connectivity index (χ0) is 34.0. The fourth-order valence-corrected chi connectivity index (χ4v) is 6.74. The van der Waals surface area contributed by atoms with E-state index in [2.05, 4.69) is 25.9 Å². The van der Waals surface area contributed by atoms with Gasteiger partial charge in [-0.15, -0.1) is 0 Å². The summed E-state index contributed by atoms with van der Waals surface area (Å²) in [5.41, 5.74) is 0.980. The highest BCUT2D eigenvalue weighted by atomic mass is 16.4. The van der Waals surface area contributed by atoms with E-state index >= 15 is 0 Å². The average molecular weight is 632 g/mol. The third-order valence-electron chi connectivity index (χ3n) is 9.29. The van der Waals surface area contributed by atoms with E-state index in [0.717, 1.165) is 70.6 Å². The Hall–Kier alpha value is -2.37. The summed E-state index contributed by atoms with van der Waals surface area (Å²) in [6, 6.07) is 0. The highest BCUT2D eigenvalue weighted by Crippen LogP contribution is 2.33. The van der Waals surface area contributed by atoms with Gasteiger partial charge in [-0.3, -0.25) is 0 Å². The first-order valence-electron chi connectivity index (χ1n) is 19.1. The summed E-state index contributed by atoms with van der Waals surface area (Å²) in [6.45, 7) is 6.59. The minimum absolute atomic E-state index is 0.0749. The number of hydrogen-bond acceptors (Lipinski definition) is 4. The zero-order valence-electron chi connectivity index (χ0n) is 30.1. The molecule has 0 amide bonds. The van der Waals surface area contributed by atoms with Crippen LogP contribution in [0.2, 0.25) is 0 Å². The SMILES string of the molecule is [2H]OC(=O)c1c(CCCCCCCCCC)c(C(=O)O)c(CCCCCCCCCC)c(CCCCCCCCCC)c1C(=O)O. The van der Waals surface area contributed by atoms with E-state index in [-0.39, 0.29) is 28.7 Å². The number of carbonyl (C=O) groups is 3. The number of unbranched alkanes of at least 4 members (excludes halogenated alkanes) is 21. The molecule has 0 radical (unpaired) electrons. The minimum atomic E-state index is -1.25. The normalized spacial score (nSPS) is 11.5. The van der Waals surface area contributed by atoms with Crippen molar-refractivity contribution in [3.8, 4) is 0 Å². The number of hydrogen-bond donors (Lipinski definition) is 3. The topological polar surface area (TPSA) is 112 Å². The maximum absolute atomic E-state index is 13.1. The van der Waals surface area contributed by atoms with Gasteiger partial charge in [0.05, 0.1) is 16.7 Å². The Morgan fingerprint density at radius 3 is 0.978 bits per heavy atom. The Bertz CT molecular complexity index is 1000. The number of carboxylic acids is 3. The van der Waals surface area contributed by atoms with Gasteiger partial charge >= 0.3 is 17.9 Å². The molecule has 0 bridgehead atoms. The van der Waals surface area contributed by atoms with Crippen molar-refractivity contribution in [3.05, 3.63) is 33.4 Å². The summed E-state index contributed by atoms with van der Waals surface area (Å²) in [5, 5.41) is 25.5. The monoisotopic (exact) mass is 631 g/mol. The predicted octanol–water partition coefficient (Wildman–Crippen LogP) is 11.8. The van der Waals surface area contributed by atoms with E-state index in [4.69, 9.17) is 1.43 Å². The number of rotatable bonds is 30. The molecule has 0 saturated carbocycles. The quantitative estimate of drug-likeness (QED) is 0.0728. The van der Waals surface area contributed by atoms with Gasteiger partial charge < -0.3 is 15.3 Å². The summed E-state index contributed by atoms with van der Waals surface area (Å²) in [4.78, 5) is 38.9. The fourth-order valence-electron chi connectivity index (χ4n) is 6.74. The molecule has 0 atom stereocenters. The smallest absolute Gasteiger partial charge is 0.336 e. The van der Waals surface area contributed by atoms with Crippen molar-refractivity contribution in [2.45, 2.75) is 194 Å². The molecule has 1 aromatic rings. The van der Waals surface area contributed by atoms with Crippen LogP contribution in [0.3, 0.4) is 0 Å². The lowest BCUT2D eigenvalue weighted by Gasteiger charge is -2.22. The molecule has 6 heteroatoms. The highest BCUT2D eigenvalue weighted by Gasteiger charge is 2.32. The van der Waals surface area contributed by atoms with Crippen LogP contribution in [-0.2, 0) is 19.3 Å². The lowest BCUT2D eigenvalue weighted by Crippen LogP contribution is -2.22. The van der Waals surface area contributed by atoms with Crippen LogP contribution in [0, 0.1) is 0 Å². The van der Waals surface area contributed by atoms with Gasteiger partial charge in [0.1, 0.15) is 0 Å². The van der Waals surface area contributed by atoms with Crippen LogP contribution in [0.5, 0.6) is 0 Å². The molecular formula is C39H66O6. The second-order valence-electron chi connectivity index (χ2n) is 13.1. The molecule has 1 rings (SSSR count). The molecule has 3 N–H and O–H groups in total. The van der Waals surface area contributed by atoms with E-state index in [0.29, 0.717) is 30.4 Å². The first-order valence-corrected chi connectivity index (χ1v) is 18.7. The molecule has 0 spiro atoms. The molecule has 1 aromatic carbocycles. The van der Waals surface area contributed by atoms with Gasteiger partial charge in [0, 0.05) is 0 Å². The molecule has 45 heavy (non-hydrogen) atoms. The van der Waals surface area contributed by atoms with Crippen molar-refractivity contribution in [1.82, 2.24) is 0 Å². The van der Waals surface area contributed by atoms with E-state index in [1.165, 1.54) is 77.0 Å². The molecular weight excluding hydrogens is 564 g/mol.